The van der Waals surface area contributed by atoms with Crippen LogP contribution in [0.15, 0.2) is 6.07 Å². The van der Waals surface area contributed by atoms with Crippen molar-refractivity contribution >= 4 is 17.6 Å². The Balaban J connectivity index is 2.47. The molecule has 2 amide bonds. The second-order valence-electron chi connectivity index (χ2n) is 4.22. The maximum Gasteiger partial charge on any atom is 0.246 e. The van der Waals surface area contributed by atoms with Crippen LogP contribution >= 0.6 is 0 Å². The molecule has 18 heavy (non-hydrogen) atoms. The molecule has 1 saturated heterocycles. The number of hydrogen-bond acceptors (Lipinski definition) is 5. The minimum atomic E-state index is -0.379. The summed E-state index contributed by atoms with van der Waals surface area (Å²) in [6, 6.07) is 3.87. The molecule has 1 aromatic rings. The van der Waals surface area contributed by atoms with Gasteiger partial charge in [-0.25, -0.2) is 4.98 Å². The number of rotatable bonds is 1. The van der Waals surface area contributed by atoms with Gasteiger partial charge >= 0.3 is 0 Å². The van der Waals surface area contributed by atoms with Gasteiger partial charge in [-0.2, -0.15) is 5.26 Å². The van der Waals surface area contributed by atoms with Crippen LogP contribution in [-0.4, -0.2) is 29.9 Å². The van der Waals surface area contributed by atoms with Gasteiger partial charge in [0.05, 0.1) is 18.7 Å². The highest BCUT2D eigenvalue weighted by molar-refractivity contribution is 6.02. The summed E-state index contributed by atoms with van der Waals surface area (Å²) < 4.78 is 0. The molecular weight excluding hydrogens is 232 g/mol. The van der Waals surface area contributed by atoms with Crippen molar-refractivity contribution in [2.24, 2.45) is 0 Å². The normalized spacial score (nSPS) is 15.3. The van der Waals surface area contributed by atoms with Crippen molar-refractivity contribution in [2.75, 3.05) is 18.0 Å². The smallest absolute Gasteiger partial charge is 0.246 e. The number of nitrogens with one attached hydrogen (secondary N) is 1. The molecule has 1 fully saturated rings. The molecule has 1 aliphatic rings. The van der Waals surface area contributed by atoms with Crippen molar-refractivity contribution in [1.29, 1.82) is 5.26 Å². The number of carbonyl (C=O) groups excluding carboxylic acids is 2. The van der Waals surface area contributed by atoms with Gasteiger partial charge in [-0.3, -0.25) is 14.9 Å². The van der Waals surface area contributed by atoms with Gasteiger partial charge < -0.3 is 4.90 Å². The second-order valence-corrected chi connectivity index (χ2v) is 4.22. The Labute approximate surface area is 104 Å². The minimum absolute atomic E-state index is 0.0380. The molecule has 1 aliphatic heterocycles. The van der Waals surface area contributed by atoms with Gasteiger partial charge in [0.1, 0.15) is 11.9 Å². The number of aromatic nitrogens is 1. The summed E-state index contributed by atoms with van der Waals surface area (Å²) >= 11 is 0. The molecule has 0 unspecified atom stereocenters. The molecular formula is C12H12N4O2. The predicted octanol–water partition coefficient (Wildman–Crippen LogP) is 0.0329. The zero-order valence-electron chi connectivity index (χ0n) is 10.1. The summed E-state index contributed by atoms with van der Waals surface area (Å²) in [4.78, 5) is 28.5. The number of pyridine rings is 1. The first-order valence-electron chi connectivity index (χ1n) is 5.47. The second kappa shape index (κ2) is 4.45. The summed E-state index contributed by atoms with van der Waals surface area (Å²) in [5.41, 5.74) is 1.95. The first-order chi connectivity index (χ1) is 8.51. The van der Waals surface area contributed by atoms with Crippen LogP contribution in [0.1, 0.15) is 16.8 Å². The molecule has 0 spiro atoms. The fraction of sp³-hybridized carbons (Fsp3) is 0.333. The third-order valence-electron chi connectivity index (χ3n) is 2.68. The summed E-state index contributed by atoms with van der Waals surface area (Å²) in [5.74, 6) is -0.356. The fourth-order valence-corrected chi connectivity index (χ4v) is 1.97. The molecule has 2 rings (SSSR count). The number of hydrogen-bond donors (Lipinski definition) is 1. The molecule has 0 aromatic carbocycles. The Bertz CT molecular complexity index is 558. The zero-order valence-corrected chi connectivity index (χ0v) is 10.1. The number of nitriles is 1. The van der Waals surface area contributed by atoms with Crippen molar-refractivity contribution in [3.05, 3.63) is 22.9 Å². The lowest BCUT2D eigenvalue weighted by atomic mass is 10.1. The lowest BCUT2D eigenvalue weighted by Gasteiger charge is -2.27. The molecule has 1 aromatic heterocycles. The Kier molecular flexibility index (Phi) is 2.98. The monoisotopic (exact) mass is 244 g/mol. The number of nitrogens with zero attached hydrogens (tertiary/aromatic N) is 3. The van der Waals surface area contributed by atoms with Crippen LogP contribution in [0.2, 0.25) is 0 Å². The molecule has 0 aliphatic carbocycles. The van der Waals surface area contributed by atoms with Crippen LogP contribution in [-0.2, 0) is 9.59 Å². The van der Waals surface area contributed by atoms with Crippen LogP contribution in [0.4, 0.5) is 5.82 Å². The first-order valence-corrected chi connectivity index (χ1v) is 5.47. The zero-order chi connectivity index (χ0) is 13.3. The summed E-state index contributed by atoms with van der Waals surface area (Å²) in [6.07, 6.45) is 0. The minimum Gasteiger partial charge on any atom is -0.337 e. The summed E-state index contributed by atoms with van der Waals surface area (Å²) in [6.45, 7) is 3.69. The first kappa shape index (κ1) is 12.0. The average molecular weight is 244 g/mol. The maximum atomic E-state index is 11.3. The van der Waals surface area contributed by atoms with E-state index < -0.39 is 0 Å². The molecule has 0 bridgehead atoms. The van der Waals surface area contributed by atoms with Gasteiger partial charge in [0.2, 0.25) is 11.8 Å². The van der Waals surface area contributed by atoms with E-state index in [1.165, 1.54) is 4.90 Å². The van der Waals surface area contributed by atoms with E-state index in [0.29, 0.717) is 11.4 Å². The Morgan fingerprint density at radius 1 is 1.33 bits per heavy atom. The van der Waals surface area contributed by atoms with Crippen LogP contribution in [0.25, 0.3) is 0 Å². The van der Waals surface area contributed by atoms with Gasteiger partial charge in [-0.1, -0.05) is 0 Å². The van der Waals surface area contributed by atoms with Crippen LogP contribution in [0.5, 0.6) is 0 Å². The molecule has 6 nitrogen and oxygen atoms in total. The van der Waals surface area contributed by atoms with E-state index in [0.717, 1.165) is 11.3 Å². The number of anilines is 1. The Morgan fingerprint density at radius 3 is 2.50 bits per heavy atom. The number of carbonyl (C=O) groups is 2. The SMILES string of the molecule is Cc1cc(C)c(C#N)c(N2CC(=O)NC(=O)C2)n1. The third kappa shape index (κ3) is 2.15. The van der Waals surface area contributed by atoms with E-state index in [4.69, 9.17) is 5.26 Å². The predicted molar refractivity (Wildman–Crippen MR) is 63.8 cm³/mol. The number of imide groups is 1. The molecule has 92 valence electrons. The van der Waals surface area contributed by atoms with E-state index in [-0.39, 0.29) is 24.9 Å². The number of aryl methyl sites for hydroxylation is 2. The van der Waals surface area contributed by atoms with Crippen LogP contribution < -0.4 is 10.2 Å². The van der Waals surface area contributed by atoms with Gasteiger partial charge in [-0.05, 0) is 25.5 Å². The highest BCUT2D eigenvalue weighted by Crippen LogP contribution is 2.22. The molecule has 0 saturated carbocycles. The lowest BCUT2D eigenvalue weighted by Crippen LogP contribution is -2.52. The van der Waals surface area contributed by atoms with E-state index >= 15 is 0 Å². The van der Waals surface area contributed by atoms with Gasteiger partial charge in [-0.15, -0.1) is 0 Å². The van der Waals surface area contributed by atoms with Gasteiger partial charge in [0, 0.05) is 5.69 Å². The van der Waals surface area contributed by atoms with Crippen molar-refractivity contribution < 1.29 is 9.59 Å². The van der Waals surface area contributed by atoms with Crippen molar-refractivity contribution in [2.45, 2.75) is 13.8 Å². The molecule has 0 radical (unpaired) electrons. The van der Waals surface area contributed by atoms with E-state index in [1.54, 1.807) is 6.07 Å². The number of piperazine rings is 1. The van der Waals surface area contributed by atoms with Gasteiger partial charge in [0.25, 0.3) is 0 Å². The molecule has 6 heteroatoms. The van der Waals surface area contributed by atoms with Crippen molar-refractivity contribution in [3.63, 3.8) is 0 Å². The Hall–Kier alpha value is -2.42. The average Bonchev–Trinajstić information content (AvgIpc) is 2.26. The number of amides is 2. The maximum absolute atomic E-state index is 11.3. The van der Waals surface area contributed by atoms with Crippen molar-refractivity contribution in [3.8, 4) is 6.07 Å². The highest BCUT2D eigenvalue weighted by atomic mass is 16.2. The topological polar surface area (TPSA) is 86.1 Å². The molecule has 2 heterocycles. The molecule has 0 atom stereocenters. The van der Waals surface area contributed by atoms with E-state index in [9.17, 15) is 9.59 Å². The van der Waals surface area contributed by atoms with Crippen LogP contribution in [0, 0.1) is 25.2 Å². The molecule has 1 N–H and O–H groups in total. The standard InChI is InChI=1S/C12H12N4O2/c1-7-3-8(2)14-12(9(7)4-13)16-5-10(17)15-11(18)6-16/h3H,5-6H2,1-2H3,(H,15,17,18). The quantitative estimate of drug-likeness (QED) is 0.704. The highest BCUT2D eigenvalue weighted by Gasteiger charge is 2.26. The van der Waals surface area contributed by atoms with E-state index in [1.807, 2.05) is 13.8 Å². The van der Waals surface area contributed by atoms with Crippen molar-refractivity contribution in [1.82, 2.24) is 10.3 Å². The largest absolute Gasteiger partial charge is 0.337 e. The summed E-state index contributed by atoms with van der Waals surface area (Å²) in [5, 5.41) is 11.4. The van der Waals surface area contributed by atoms with Gasteiger partial charge in [0.15, 0.2) is 0 Å². The van der Waals surface area contributed by atoms with E-state index in [2.05, 4.69) is 16.4 Å². The fourth-order valence-electron chi connectivity index (χ4n) is 1.97. The lowest BCUT2D eigenvalue weighted by molar-refractivity contribution is -0.130. The van der Waals surface area contributed by atoms with Crippen LogP contribution in [0.3, 0.4) is 0 Å². The summed E-state index contributed by atoms with van der Waals surface area (Å²) in [7, 11) is 0. The Morgan fingerprint density at radius 2 is 1.94 bits per heavy atom. The third-order valence-corrected chi connectivity index (χ3v) is 2.68.